The number of alkyl halides is 1. The summed E-state index contributed by atoms with van der Waals surface area (Å²) in [5.41, 5.74) is 2.10. The molecule has 2 rings (SSSR count). The minimum atomic E-state index is -0.217. The molecule has 2 aromatic rings. The number of ether oxygens (including phenoxy) is 1. The number of carbonyl (C=O) groups is 1. The van der Waals surface area contributed by atoms with Crippen LogP contribution in [0.4, 0.5) is 5.69 Å². The molecule has 0 aromatic heterocycles. The van der Waals surface area contributed by atoms with Gasteiger partial charge in [-0.05, 0) is 52.7 Å². The van der Waals surface area contributed by atoms with Crippen molar-refractivity contribution in [3.05, 3.63) is 58.1 Å². The fraction of sp³-hybridized carbons (Fsp3) is 0.188. The number of carbonyl (C=O) groups excluding carboxylic acids is 1. The highest BCUT2D eigenvalue weighted by Gasteiger charge is 2.14. The summed E-state index contributed by atoms with van der Waals surface area (Å²) in [4.78, 5) is 12.4. The second-order valence-corrected chi connectivity index (χ2v) is 6.01. The summed E-state index contributed by atoms with van der Waals surface area (Å²) in [7, 11) is 1.56. The van der Waals surface area contributed by atoms with Gasteiger partial charge in [0.2, 0.25) is 0 Å². The van der Waals surface area contributed by atoms with Gasteiger partial charge in [-0.2, -0.15) is 0 Å². The van der Waals surface area contributed by atoms with Crippen molar-refractivity contribution in [3.63, 3.8) is 0 Å². The van der Waals surface area contributed by atoms with Crippen LogP contribution in [-0.2, 0) is 0 Å². The molecule has 1 atom stereocenters. The molecule has 0 aliphatic carbocycles. The summed E-state index contributed by atoms with van der Waals surface area (Å²) in [6.45, 7) is 1.87. The Kier molecular flexibility index (Phi) is 5.26. The number of benzene rings is 2. The predicted molar refractivity (Wildman–Crippen MR) is 89.4 cm³/mol. The minimum absolute atomic E-state index is 0.185. The van der Waals surface area contributed by atoms with E-state index in [2.05, 4.69) is 21.2 Å². The number of rotatable bonds is 4. The van der Waals surface area contributed by atoms with Crippen LogP contribution in [0.3, 0.4) is 0 Å². The molecular weight excluding hydrogens is 354 g/mol. The first kappa shape index (κ1) is 15.9. The van der Waals surface area contributed by atoms with Crippen molar-refractivity contribution in [1.82, 2.24) is 0 Å². The maximum atomic E-state index is 12.4. The van der Waals surface area contributed by atoms with E-state index in [-0.39, 0.29) is 11.3 Å². The van der Waals surface area contributed by atoms with Gasteiger partial charge in [0.25, 0.3) is 5.91 Å². The average Bonchev–Trinajstić information content (AvgIpc) is 2.48. The smallest absolute Gasteiger partial charge is 0.256 e. The number of hydrogen-bond acceptors (Lipinski definition) is 2. The molecule has 0 bridgehead atoms. The third-order valence-corrected chi connectivity index (χ3v) is 3.98. The van der Waals surface area contributed by atoms with Crippen LogP contribution in [0.5, 0.6) is 5.75 Å². The number of halogens is 2. The van der Waals surface area contributed by atoms with Gasteiger partial charge >= 0.3 is 0 Å². The van der Waals surface area contributed by atoms with Crippen LogP contribution in [0.25, 0.3) is 0 Å². The molecule has 0 saturated heterocycles. The molecule has 0 radical (unpaired) electrons. The van der Waals surface area contributed by atoms with E-state index < -0.39 is 0 Å². The highest BCUT2D eigenvalue weighted by Crippen LogP contribution is 2.29. The van der Waals surface area contributed by atoms with E-state index in [1.165, 1.54) is 0 Å². The number of hydrogen-bond donors (Lipinski definition) is 1. The zero-order valence-electron chi connectivity index (χ0n) is 11.7. The van der Waals surface area contributed by atoms with Crippen LogP contribution in [0.15, 0.2) is 46.9 Å². The highest BCUT2D eigenvalue weighted by molar-refractivity contribution is 9.10. The van der Waals surface area contributed by atoms with E-state index in [9.17, 15) is 4.79 Å². The maximum absolute atomic E-state index is 12.4. The molecule has 21 heavy (non-hydrogen) atoms. The highest BCUT2D eigenvalue weighted by atomic mass is 79.9. The first-order valence-corrected chi connectivity index (χ1v) is 7.63. The summed E-state index contributed by atoms with van der Waals surface area (Å²) in [5, 5.41) is 2.71. The third-order valence-electron chi connectivity index (χ3n) is 3.06. The van der Waals surface area contributed by atoms with Crippen LogP contribution in [0.1, 0.15) is 28.2 Å². The third kappa shape index (κ3) is 3.77. The molecule has 1 N–H and O–H groups in total. The van der Waals surface area contributed by atoms with E-state index in [1.807, 2.05) is 31.2 Å². The number of nitrogens with one attached hydrogen (secondary N) is 1. The van der Waals surface area contributed by atoms with Crippen molar-refractivity contribution < 1.29 is 9.53 Å². The molecule has 1 unspecified atom stereocenters. The first-order valence-electron chi connectivity index (χ1n) is 6.41. The Morgan fingerprint density at radius 2 is 2.00 bits per heavy atom. The van der Waals surface area contributed by atoms with Crippen molar-refractivity contribution in [3.8, 4) is 5.75 Å². The summed E-state index contributed by atoms with van der Waals surface area (Å²) in [6.07, 6.45) is 0. The predicted octanol–water partition coefficient (Wildman–Crippen LogP) is 5.01. The number of para-hydroxylation sites is 1. The van der Waals surface area contributed by atoms with E-state index in [0.717, 1.165) is 5.56 Å². The fourth-order valence-corrected chi connectivity index (χ4v) is 2.57. The van der Waals surface area contributed by atoms with Gasteiger partial charge < -0.3 is 10.1 Å². The Labute approximate surface area is 137 Å². The van der Waals surface area contributed by atoms with E-state index in [4.69, 9.17) is 16.3 Å². The molecule has 3 nitrogen and oxygen atoms in total. The largest absolute Gasteiger partial charge is 0.497 e. The van der Waals surface area contributed by atoms with E-state index in [1.54, 1.807) is 25.3 Å². The van der Waals surface area contributed by atoms with Crippen molar-refractivity contribution in [2.75, 3.05) is 12.4 Å². The van der Waals surface area contributed by atoms with Crippen LogP contribution >= 0.6 is 27.5 Å². The molecule has 2 aromatic carbocycles. The lowest BCUT2D eigenvalue weighted by Gasteiger charge is -2.13. The molecule has 0 aliphatic rings. The van der Waals surface area contributed by atoms with Gasteiger partial charge in [0, 0.05) is 10.2 Å². The molecule has 0 heterocycles. The topological polar surface area (TPSA) is 38.3 Å². The molecular formula is C16H15BrClNO2. The van der Waals surface area contributed by atoms with Crippen LogP contribution in [0, 0.1) is 0 Å². The second kappa shape index (κ2) is 6.96. The summed E-state index contributed by atoms with van der Waals surface area (Å²) < 4.78 is 5.86. The Balaban J connectivity index is 2.30. The zero-order chi connectivity index (χ0) is 15.4. The zero-order valence-corrected chi connectivity index (χ0v) is 14.0. The number of methoxy groups -OCH3 is 1. The number of anilines is 1. The van der Waals surface area contributed by atoms with Crippen molar-refractivity contribution >= 4 is 39.1 Å². The minimum Gasteiger partial charge on any atom is -0.497 e. The van der Waals surface area contributed by atoms with Crippen LogP contribution in [-0.4, -0.2) is 13.0 Å². The molecule has 110 valence electrons. The van der Waals surface area contributed by atoms with Crippen LogP contribution in [0.2, 0.25) is 0 Å². The Morgan fingerprint density at radius 3 is 2.67 bits per heavy atom. The lowest BCUT2D eigenvalue weighted by Crippen LogP contribution is -2.14. The van der Waals surface area contributed by atoms with Gasteiger partial charge in [0.05, 0.1) is 18.1 Å². The Bertz CT molecular complexity index is 658. The quantitative estimate of drug-likeness (QED) is 0.770. The summed E-state index contributed by atoms with van der Waals surface area (Å²) in [6, 6.07) is 12.7. The molecule has 0 saturated carbocycles. The molecule has 0 spiro atoms. The van der Waals surface area contributed by atoms with E-state index >= 15 is 0 Å². The monoisotopic (exact) mass is 367 g/mol. The molecule has 0 fully saturated rings. The van der Waals surface area contributed by atoms with Gasteiger partial charge in [-0.1, -0.05) is 18.2 Å². The van der Waals surface area contributed by atoms with Gasteiger partial charge in [-0.3, -0.25) is 4.79 Å². The average molecular weight is 369 g/mol. The second-order valence-electron chi connectivity index (χ2n) is 4.50. The molecule has 1 amide bonds. The Hall–Kier alpha value is -1.52. The molecule has 0 aliphatic heterocycles. The normalized spacial score (nSPS) is 11.8. The summed E-state index contributed by atoms with van der Waals surface area (Å²) >= 11 is 9.51. The standard InChI is InChI=1S/C16H15BrClNO2/c1-10(18)12-5-3-4-6-15(12)19-16(20)13-9-11(21-2)7-8-14(13)17/h3-10H,1-2H3,(H,19,20). The maximum Gasteiger partial charge on any atom is 0.256 e. The summed E-state index contributed by atoms with van der Waals surface area (Å²) in [5.74, 6) is 0.410. The lowest BCUT2D eigenvalue weighted by atomic mass is 10.1. The number of amides is 1. The van der Waals surface area contributed by atoms with Crippen molar-refractivity contribution in [2.24, 2.45) is 0 Å². The lowest BCUT2D eigenvalue weighted by molar-refractivity contribution is 0.102. The first-order chi connectivity index (χ1) is 10.0. The van der Waals surface area contributed by atoms with Gasteiger partial charge in [0.1, 0.15) is 5.75 Å². The van der Waals surface area contributed by atoms with Crippen LogP contribution < -0.4 is 10.1 Å². The Morgan fingerprint density at radius 1 is 1.29 bits per heavy atom. The van der Waals surface area contributed by atoms with E-state index in [0.29, 0.717) is 21.5 Å². The van der Waals surface area contributed by atoms with Gasteiger partial charge in [0.15, 0.2) is 0 Å². The van der Waals surface area contributed by atoms with Gasteiger partial charge in [-0.15, -0.1) is 11.6 Å². The van der Waals surface area contributed by atoms with Crippen molar-refractivity contribution in [2.45, 2.75) is 12.3 Å². The molecule has 5 heteroatoms. The SMILES string of the molecule is COc1ccc(Br)c(C(=O)Nc2ccccc2C(C)Cl)c1. The van der Waals surface area contributed by atoms with Crippen molar-refractivity contribution in [1.29, 1.82) is 0 Å². The van der Waals surface area contributed by atoms with Gasteiger partial charge in [-0.25, -0.2) is 0 Å². The fourth-order valence-electron chi connectivity index (χ4n) is 1.95.